The molecule has 7 heteroatoms. The lowest BCUT2D eigenvalue weighted by atomic mass is 10.1. The maximum absolute atomic E-state index is 13.1. The molecular formula is C18H12F3NO3. The van der Waals surface area contributed by atoms with E-state index < -0.39 is 17.7 Å². The average Bonchev–Trinajstić information content (AvgIpc) is 2.95. The third kappa shape index (κ3) is 3.40. The Hall–Kier alpha value is -3.09. The minimum atomic E-state index is -4.54. The fraction of sp³-hybridized carbons (Fsp3) is 0.111. The molecule has 3 rings (SSSR count). The number of alkyl halides is 3. The van der Waals surface area contributed by atoms with Crippen LogP contribution in [0.5, 0.6) is 5.75 Å². The van der Waals surface area contributed by atoms with Crippen LogP contribution in [0.3, 0.4) is 0 Å². The second-order valence-electron chi connectivity index (χ2n) is 5.12. The van der Waals surface area contributed by atoms with Gasteiger partial charge in [0.25, 0.3) is 0 Å². The first-order valence-electron chi connectivity index (χ1n) is 7.22. The molecule has 0 atom stereocenters. The molecule has 0 spiro atoms. The zero-order valence-corrected chi connectivity index (χ0v) is 13.0. The van der Waals surface area contributed by atoms with Gasteiger partial charge >= 0.3 is 12.1 Å². The van der Waals surface area contributed by atoms with Gasteiger partial charge in [-0.25, -0.2) is 9.79 Å². The molecule has 1 aliphatic rings. The summed E-state index contributed by atoms with van der Waals surface area (Å²) in [6, 6.07) is 11.7. The van der Waals surface area contributed by atoms with Gasteiger partial charge in [-0.15, -0.1) is 0 Å². The molecule has 0 N–H and O–H groups in total. The Morgan fingerprint density at radius 2 is 1.76 bits per heavy atom. The largest absolute Gasteiger partial charge is 0.496 e. The Morgan fingerprint density at radius 1 is 1.08 bits per heavy atom. The van der Waals surface area contributed by atoms with Crippen LogP contribution in [0.25, 0.3) is 6.08 Å². The van der Waals surface area contributed by atoms with Crippen molar-refractivity contribution in [2.24, 2.45) is 4.99 Å². The number of nitrogens with zero attached hydrogens (tertiary/aromatic N) is 1. The average molecular weight is 347 g/mol. The molecule has 4 nitrogen and oxygen atoms in total. The summed E-state index contributed by atoms with van der Waals surface area (Å²) in [5.41, 5.74) is -0.785. The van der Waals surface area contributed by atoms with Crippen molar-refractivity contribution >= 4 is 17.9 Å². The van der Waals surface area contributed by atoms with Crippen molar-refractivity contribution in [1.29, 1.82) is 0 Å². The van der Waals surface area contributed by atoms with Crippen LogP contribution in [0.2, 0.25) is 0 Å². The fourth-order valence-electron chi connectivity index (χ4n) is 2.37. The fourth-order valence-corrected chi connectivity index (χ4v) is 2.37. The van der Waals surface area contributed by atoms with E-state index in [1.807, 2.05) is 0 Å². The summed E-state index contributed by atoms with van der Waals surface area (Å²) in [4.78, 5) is 16.0. The normalized spacial score (nSPS) is 15.9. The summed E-state index contributed by atoms with van der Waals surface area (Å²) in [6.07, 6.45) is -3.47. The van der Waals surface area contributed by atoms with Crippen LogP contribution in [-0.2, 0) is 15.7 Å². The van der Waals surface area contributed by atoms with Crippen molar-refractivity contribution < 1.29 is 27.4 Å². The van der Waals surface area contributed by atoms with E-state index >= 15 is 0 Å². The number of esters is 1. The molecule has 128 valence electrons. The number of cyclic esters (lactones) is 1. The number of ether oxygens (including phenoxy) is 2. The van der Waals surface area contributed by atoms with Gasteiger partial charge in [-0.2, -0.15) is 13.2 Å². The SMILES string of the molecule is COc1ccccc1C1=N/C(=C\c2ccccc2C(F)(F)F)C(=O)O1. The molecule has 1 heterocycles. The van der Waals surface area contributed by atoms with Crippen LogP contribution in [0, 0.1) is 0 Å². The Morgan fingerprint density at radius 3 is 2.48 bits per heavy atom. The van der Waals surface area contributed by atoms with Crippen molar-refractivity contribution in [3.63, 3.8) is 0 Å². The highest BCUT2D eigenvalue weighted by atomic mass is 19.4. The molecule has 0 bridgehead atoms. The van der Waals surface area contributed by atoms with E-state index in [1.165, 1.54) is 25.3 Å². The number of hydrogen-bond donors (Lipinski definition) is 0. The number of carbonyl (C=O) groups is 1. The number of methoxy groups -OCH3 is 1. The highest BCUT2D eigenvalue weighted by Crippen LogP contribution is 2.33. The first kappa shape index (κ1) is 16.8. The molecule has 25 heavy (non-hydrogen) atoms. The van der Waals surface area contributed by atoms with Crippen LogP contribution in [0.1, 0.15) is 16.7 Å². The number of para-hydroxylation sites is 1. The number of hydrogen-bond acceptors (Lipinski definition) is 4. The first-order valence-corrected chi connectivity index (χ1v) is 7.22. The van der Waals surface area contributed by atoms with E-state index in [0.29, 0.717) is 11.3 Å². The van der Waals surface area contributed by atoms with Gasteiger partial charge in [0.15, 0.2) is 5.70 Å². The van der Waals surface area contributed by atoms with Gasteiger partial charge < -0.3 is 9.47 Å². The summed E-state index contributed by atoms with van der Waals surface area (Å²) in [5, 5.41) is 0. The minimum absolute atomic E-state index is 0.0156. The predicted octanol–water partition coefficient (Wildman–Crippen LogP) is 4.06. The highest BCUT2D eigenvalue weighted by molar-refractivity contribution is 6.13. The molecule has 2 aromatic rings. The van der Waals surface area contributed by atoms with Crippen molar-refractivity contribution in [1.82, 2.24) is 0 Å². The molecule has 0 aromatic heterocycles. The zero-order chi connectivity index (χ0) is 18.0. The van der Waals surface area contributed by atoms with Crippen LogP contribution in [0.4, 0.5) is 13.2 Å². The third-order valence-electron chi connectivity index (χ3n) is 3.52. The number of aliphatic imine (C=N–C) groups is 1. The summed E-state index contributed by atoms with van der Waals surface area (Å²) in [7, 11) is 1.45. The van der Waals surface area contributed by atoms with Gasteiger partial charge in [0.05, 0.1) is 18.2 Å². The lowest BCUT2D eigenvalue weighted by Gasteiger charge is -2.09. The molecule has 0 saturated heterocycles. The van der Waals surface area contributed by atoms with E-state index in [2.05, 4.69) is 4.99 Å². The Kier molecular flexibility index (Phi) is 4.31. The third-order valence-corrected chi connectivity index (χ3v) is 3.52. The molecule has 0 fully saturated rings. The standard InChI is InChI=1S/C18H12F3NO3/c1-24-15-9-5-3-7-12(15)16-22-14(17(23)25-16)10-11-6-2-4-8-13(11)18(19,20)21/h2-10H,1H3/b14-10-. The van der Waals surface area contributed by atoms with Crippen molar-refractivity contribution in [3.05, 3.63) is 70.9 Å². The van der Waals surface area contributed by atoms with Gasteiger partial charge in [-0.3, -0.25) is 0 Å². The molecule has 0 saturated carbocycles. The van der Waals surface area contributed by atoms with Crippen LogP contribution in [-0.4, -0.2) is 19.0 Å². The van der Waals surface area contributed by atoms with Crippen molar-refractivity contribution in [3.8, 4) is 5.75 Å². The van der Waals surface area contributed by atoms with Crippen molar-refractivity contribution in [2.45, 2.75) is 6.18 Å². The number of carbonyl (C=O) groups excluding carboxylic acids is 1. The van der Waals surface area contributed by atoms with Gasteiger partial charge in [-0.05, 0) is 29.8 Å². The van der Waals surface area contributed by atoms with E-state index in [4.69, 9.17) is 9.47 Å². The smallest absolute Gasteiger partial charge is 0.416 e. The van der Waals surface area contributed by atoms with Gasteiger partial charge in [0, 0.05) is 0 Å². The first-order chi connectivity index (χ1) is 11.9. The van der Waals surface area contributed by atoms with Crippen LogP contribution >= 0.6 is 0 Å². The van der Waals surface area contributed by atoms with E-state index in [-0.39, 0.29) is 17.2 Å². The van der Waals surface area contributed by atoms with Gasteiger partial charge in [-0.1, -0.05) is 30.3 Å². The second-order valence-corrected chi connectivity index (χ2v) is 5.12. The molecule has 1 aliphatic heterocycles. The van der Waals surface area contributed by atoms with Crippen LogP contribution < -0.4 is 4.74 Å². The number of halogens is 3. The number of rotatable bonds is 3. The van der Waals surface area contributed by atoms with Crippen LogP contribution in [0.15, 0.2) is 59.2 Å². The monoisotopic (exact) mass is 347 g/mol. The Bertz CT molecular complexity index is 885. The summed E-state index contributed by atoms with van der Waals surface area (Å²) < 4.78 is 49.4. The summed E-state index contributed by atoms with van der Waals surface area (Å²) in [6.45, 7) is 0. The molecule has 0 amide bonds. The maximum Gasteiger partial charge on any atom is 0.416 e. The van der Waals surface area contributed by atoms with E-state index in [0.717, 1.165) is 12.1 Å². The molecular weight excluding hydrogens is 335 g/mol. The summed E-state index contributed by atoms with van der Waals surface area (Å²) >= 11 is 0. The quantitative estimate of drug-likeness (QED) is 0.621. The maximum atomic E-state index is 13.1. The lowest BCUT2D eigenvalue weighted by Crippen LogP contribution is -2.08. The second kappa shape index (κ2) is 6.43. The lowest BCUT2D eigenvalue weighted by molar-refractivity contribution is -0.137. The minimum Gasteiger partial charge on any atom is -0.496 e. The topological polar surface area (TPSA) is 47.9 Å². The Balaban J connectivity index is 2.03. The Labute approximate surface area is 141 Å². The zero-order valence-electron chi connectivity index (χ0n) is 13.0. The molecule has 0 unspecified atom stereocenters. The van der Waals surface area contributed by atoms with Crippen molar-refractivity contribution in [2.75, 3.05) is 7.11 Å². The predicted molar refractivity (Wildman–Crippen MR) is 85.0 cm³/mol. The van der Waals surface area contributed by atoms with E-state index in [1.54, 1.807) is 24.3 Å². The molecule has 0 radical (unpaired) electrons. The van der Waals surface area contributed by atoms with Gasteiger partial charge in [0.2, 0.25) is 5.90 Å². The number of benzene rings is 2. The van der Waals surface area contributed by atoms with Gasteiger partial charge in [0.1, 0.15) is 5.75 Å². The summed E-state index contributed by atoms with van der Waals surface area (Å²) in [5.74, 6) is -0.401. The van der Waals surface area contributed by atoms with E-state index in [9.17, 15) is 18.0 Å². The highest BCUT2D eigenvalue weighted by Gasteiger charge is 2.33. The molecule has 0 aliphatic carbocycles. The molecule has 2 aromatic carbocycles.